The SMILES string of the molecule is COC(=O)[C@@H]1COCCN1C(=O)Cc1ccc(Cc2nc(-c3c(F)cccc3F)nc3c2C(=O)NC3)cc1. The van der Waals surface area contributed by atoms with Crippen molar-refractivity contribution in [1.29, 1.82) is 0 Å². The number of esters is 1. The van der Waals surface area contributed by atoms with Crippen molar-refractivity contribution in [2.75, 3.05) is 26.9 Å². The quantitative estimate of drug-likeness (QED) is 0.494. The number of hydrogen-bond donors (Lipinski definition) is 1. The molecule has 3 aromatic rings. The molecule has 2 aliphatic heterocycles. The molecule has 1 saturated heterocycles. The van der Waals surface area contributed by atoms with Gasteiger partial charge in [-0.05, 0) is 23.3 Å². The van der Waals surface area contributed by atoms with Crippen LogP contribution in [0, 0.1) is 11.6 Å². The van der Waals surface area contributed by atoms with Crippen molar-refractivity contribution in [2.24, 2.45) is 0 Å². The maximum absolute atomic E-state index is 14.4. The van der Waals surface area contributed by atoms with Gasteiger partial charge in [0, 0.05) is 13.0 Å². The van der Waals surface area contributed by atoms with E-state index in [2.05, 4.69) is 15.3 Å². The molecular formula is C27H24F2N4O5. The number of amides is 2. The predicted molar refractivity (Wildman–Crippen MR) is 130 cm³/mol. The van der Waals surface area contributed by atoms with Gasteiger partial charge in [0.2, 0.25) is 5.91 Å². The number of methoxy groups -OCH3 is 1. The molecule has 2 aromatic carbocycles. The van der Waals surface area contributed by atoms with Gasteiger partial charge in [-0.25, -0.2) is 23.5 Å². The number of carbonyl (C=O) groups is 3. The van der Waals surface area contributed by atoms with Crippen LogP contribution in [0.2, 0.25) is 0 Å². The number of carbonyl (C=O) groups excluding carboxylic acids is 3. The van der Waals surface area contributed by atoms with Gasteiger partial charge in [0.05, 0.1) is 55.8 Å². The summed E-state index contributed by atoms with van der Waals surface area (Å²) in [6.45, 7) is 0.866. The lowest BCUT2D eigenvalue weighted by molar-refractivity contribution is -0.160. The smallest absolute Gasteiger partial charge is 0.331 e. The fourth-order valence-electron chi connectivity index (χ4n) is 4.63. The van der Waals surface area contributed by atoms with E-state index >= 15 is 0 Å². The Bertz CT molecular complexity index is 1390. The van der Waals surface area contributed by atoms with E-state index in [0.29, 0.717) is 30.1 Å². The van der Waals surface area contributed by atoms with Crippen molar-refractivity contribution in [1.82, 2.24) is 20.2 Å². The number of nitrogens with zero attached hydrogens (tertiary/aromatic N) is 3. The second-order valence-corrected chi connectivity index (χ2v) is 8.97. The lowest BCUT2D eigenvalue weighted by atomic mass is 10.0. The molecule has 1 atom stereocenters. The van der Waals surface area contributed by atoms with E-state index < -0.39 is 23.6 Å². The van der Waals surface area contributed by atoms with Crippen LogP contribution in [0.1, 0.15) is 32.9 Å². The third-order valence-electron chi connectivity index (χ3n) is 6.56. The van der Waals surface area contributed by atoms with Crippen LogP contribution in [-0.4, -0.2) is 65.6 Å². The van der Waals surface area contributed by atoms with Crippen molar-refractivity contribution in [3.63, 3.8) is 0 Å². The third-order valence-corrected chi connectivity index (χ3v) is 6.56. The number of benzene rings is 2. The molecule has 196 valence electrons. The third kappa shape index (κ3) is 4.97. The summed E-state index contributed by atoms with van der Waals surface area (Å²) in [6, 6.07) is 9.88. The number of halogens is 2. The monoisotopic (exact) mass is 522 g/mol. The minimum absolute atomic E-state index is 0.0792. The number of aromatic nitrogens is 2. The average molecular weight is 523 g/mol. The van der Waals surface area contributed by atoms with Crippen LogP contribution >= 0.6 is 0 Å². The van der Waals surface area contributed by atoms with E-state index in [0.717, 1.165) is 23.3 Å². The second kappa shape index (κ2) is 10.6. The normalized spacial score (nSPS) is 16.7. The Morgan fingerprint density at radius 2 is 1.79 bits per heavy atom. The number of fused-ring (bicyclic) bond motifs is 1. The van der Waals surface area contributed by atoms with Gasteiger partial charge >= 0.3 is 5.97 Å². The molecule has 11 heteroatoms. The van der Waals surface area contributed by atoms with Gasteiger partial charge in [-0.1, -0.05) is 30.3 Å². The summed E-state index contributed by atoms with van der Waals surface area (Å²) in [7, 11) is 1.27. The first-order chi connectivity index (χ1) is 18.4. The van der Waals surface area contributed by atoms with Crippen LogP contribution in [0.15, 0.2) is 42.5 Å². The molecule has 0 spiro atoms. The van der Waals surface area contributed by atoms with Crippen molar-refractivity contribution < 1.29 is 32.6 Å². The molecule has 0 bridgehead atoms. The van der Waals surface area contributed by atoms with Crippen LogP contribution < -0.4 is 5.32 Å². The zero-order chi connectivity index (χ0) is 26.8. The van der Waals surface area contributed by atoms with Gasteiger partial charge in [-0.3, -0.25) is 9.59 Å². The van der Waals surface area contributed by atoms with Crippen LogP contribution in [0.3, 0.4) is 0 Å². The Hall–Kier alpha value is -4.25. The lowest BCUT2D eigenvalue weighted by Crippen LogP contribution is -2.53. The molecule has 0 saturated carbocycles. The highest BCUT2D eigenvalue weighted by Crippen LogP contribution is 2.28. The van der Waals surface area contributed by atoms with Crippen LogP contribution in [0.25, 0.3) is 11.4 Å². The fourth-order valence-corrected chi connectivity index (χ4v) is 4.63. The van der Waals surface area contributed by atoms with Crippen LogP contribution in [0.4, 0.5) is 8.78 Å². The second-order valence-electron chi connectivity index (χ2n) is 8.97. The Balaban J connectivity index is 1.37. The van der Waals surface area contributed by atoms with Crippen molar-refractivity contribution in [3.05, 3.63) is 82.2 Å². The zero-order valence-electron chi connectivity index (χ0n) is 20.5. The summed E-state index contributed by atoms with van der Waals surface area (Å²) in [5.41, 5.74) is 2.18. The van der Waals surface area contributed by atoms with Crippen LogP contribution in [-0.2, 0) is 38.4 Å². The highest BCUT2D eigenvalue weighted by Gasteiger charge is 2.33. The molecular weight excluding hydrogens is 498 g/mol. The molecule has 3 heterocycles. The number of rotatable bonds is 6. The molecule has 1 fully saturated rings. The molecule has 0 unspecified atom stereocenters. The van der Waals surface area contributed by atoms with Gasteiger partial charge in [0.15, 0.2) is 11.9 Å². The molecule has 5 rings (SSSR count). The highest BCUT2D eigenvalue weighted by molar-refractivity contribution is 5.99. The van der Waals surface area contributed by atoms with Crippen molar-refractivity contribution in [3.8, 4) is 11.4 Å². The van der Waals surface area contributed by atoms with Gasteiger partial charge in [-0.2, -0.15) is 0 Å². The van der Waals surface area contributed by atoms with Crippen molar-refractivity contribution >= 4 is 17.8 Å². The molecule has 2 amide bonds. The summed E-state index contributed by atoms with van der Waals surface area (Å²) in [5, 5.41) is 2.68. The van der Waals surface area contributed by atoms with Gasteiger partial charge in [-0.15, -0.1) is 0 Å². The summed E-state index contributed by atoms with van der Waals surface area (Å²) in [4.78, 5) is 47.5. The lowest BCUT2D eigenvalue weighted by Gasteiger charge is -2.33. The van der Waals surface area contributed by atoms with Gasteiger partial charge in [0.1, 0.15) is 11.6 Å². The maximum Gasteiger partial charge on any atom is 0.331 e. The predicted octanol–water partition coefficient (Wildman–Crippen LogP) is 2.20. The van der Waals surface area contributed by atoms with E-state index in [1.807, 2.05) is 0 Å². The topological polar surface area (TPSA) is 111 Å². The highest BCUT2D eigenvalue weighted by atomic mass is 19.1. The minimum Gasteiger partial charge on any atom is -0.467 e. The minimum atomic E-state index is -0.795. The first-order valence-corrected chi connectivity index (χ1v) is 12.0. The number of ether oxygens (including phenoxy) is 2. The van der Waals surface area contributed by atoms with Crippen LogP contribution in [0.5, 0.6) is 0 Å². The summed E-state index contributed by atoms with van der Waals surface area (Å²) >= 11 is 0. The van der Waals surface area contributed by atoms with E-state index in [-0.39, 0.29) is 49.2 Å². The average Bonchev–Trinajstić information content (AvgIpc) is 3.30. The van der Waals surface area contributed by atoms with E-state index in [9.17, 15) is 23.2 Å². The Morgan fingerprint density at radius 1 is 1.08 bits per heavy atom. The largest absolute Gasteiger partial charge is 0.467 e. The molecule has 0 radical (unpaired) electrons. The molecule has 2 aliphatic rings. The molecule has 9 nitrogen and oxygen atoms in total. The van der Waals surface area contributed by atoms with E-state index in [1.54, 1.807) is 24.3 Å². The number of morpholine rings is 1. The first-order valence-electron chi connectivity index (χ1n) is 12.0. The Kier molecular flexibility index (Phi) is 7.10. The number of nitrogens with one attached hydrogen (secondary N) is 1. The van der Waals surface area contributed by atoms with Crippen molar-refractivity contribution in [2.45, 2.75) is 25.4 Å². The first kappa shape index (κ1) is 25.4. The summed E-state index contributed by atoms with van der Waals surface area (Å²) in [6.07, 6.45) is 0.291. The molecule has 1 aromatic heterocycles. The van der Waals surface area contributed by atoms with E-state index in [1.165, 1.54) is 18.1 Å². The molecule has 0 aliphatic carbocycles. The maximum atomic E-state index is 14.4. The Labute approximate surface area is 216 Å². The van der Waals surface area contributed by atoms with E-state index in [4.69, 9.17) is 9.47 Å². The van der Waals surface area contributed by atoms with Gasteiger partial charge in [0.25, 0.3) is 5.91 Å². The Morgan fingerprint density at radius 3 is 2.50 bits per heavy atom. The zero-order valence-corrected chi connectivity index (χ0v) is 20.5. The molecule has 38 heavy (non-hydrogen) atoms. The van der Waals surface area contributed by atoms with Gasteiger partial charge < -0.3 is 19.7 Å². The summed E-state index contributed by atoms with van der Waals surface area (Å²) < 4.78 is 39.0. The number of hydrogen-bond acceptors (Lipinski definition) is 7. The molecule has 1 N–H and O–H groups in total. The standard InChI is InChI=1S/C27H24F2N4O5/c1-37-27(36)21-14-38-10-9-33(21)22(34)12-16-7-5-15(6-8-16)11-19-24-20(13-30-26(24)35)32-25(31-19)23-17(28)3-2-4-18(23)29/h2-8,21H,9-14H2,1H3,(H,30,35)/t21-/m0/s1. The summed E-state index contributed by atoms with van der Waals surface area (Å²) in [5.74, 6) is -2.81. The fraction of sp³-hybridized carbons (Fsp3) is 0.296.